The van der Waals surface area contributed by atoms with Gasteiger partial charge in [-0.05, 0) is 54.0 Å². The first-order chi connectivity index (χ1) is 14.6. The number of hydrogen-bond donors (Lipinski definition) is 0. The molecule has 3 aromatic rings. The molecule has 0 aliphatic rings. The number of esters is 2. The zero-order valence-electron chi connectivity index (χ0n) is 16.7. The van der Waals surface area contributed by atoms with Crippen LogP contribution in [0, 0.1) is 6.92 Å². The predicted molar refractivity (Wildman–Crippen MR) is 118 cm³/mol. The third-order valence-electron chi connectivity index (χ3n) is 4.36. The van der Waals surface area contributed by atoms with Crippen LogP contribution in [0.2, 0.25) is 0 Å². The minimum Gasteiger partial charge on any atom is -0.458 e. The van der Waals surface area contributed by atoms with Crippen molar-refractivity contribution < 1.29 is 19.1 Å². The van der Waals surface area contributed by atoms with E-state index in [1.165, 1.54) is 17.7 Å². The maximum Gasteiger partial charge on any atom is 0.338 e. The quantitative estimate of drug-likeness (QED) is 0.224. The Morgan fingerprint density at radius 1 is 0.933 bits per heavy atom. The van der Waals surface area contributed by atoms with Crippen LogP contribution >= 0.6 is 0 Å². The largest absolute Gasteiger partial charge is 0.458 e. The standard InChI is InChI=1S/C26H22O4/c1-3-18-29-26(28)22-12-15-23(16-13-22)30-25(27)17-14-20-6-4-5-7-24(20)21-10-8-19(2)9-11-21/h3-17H,1,18H2,2H3. The highest BCUT2D eigenvalue weighted by molar-refractivity contribution is 5.91. The molecule has 0 aromatic heterocycles. The summed E-state index contributed by atoms with van der Waals surface area (Å²) < 4.78 is 10.3. The van der Waals surface area contributed by atoms with Crippen molar-refractivity contribution in [2.24, 2.45) is 0 Å². The van der Waals surface area contributed by atoms with Crippen molar-refractivity contribution in [3.05, 3.63) is 108 Å². The lowest BCUT2D eigenvalue weighted by molar-refractivity contribution is -0.128. The molecule has 4 heteroatoms. The van der Waals surface area contributed by atoms with Crippen molar-refractivity contribution >= 4 is 18.0 Å². The second kappa shape index (κ2) is 10.0. The van der Waals surface area contributed by atoms with Crippen LogP contribution in [0.1, 0.15) is 21.5 Å². The van der Waals surface area contributed by atoms with Crippen molar-refractivity contribution in [2.75, 3.05) is 6.61 Å². The molecule has 0 amide bonds. The third-order valence-corrected chi connectivity index (χ3v) is 4.36. The first kappa shape index (κ1) is 20.8. The average molecular weight is 398 g/mol. The van der Waals surface area contributed by atoms with Crippen LogP contribution in [0.5, 0.6) is 5.75 Å². The van der Waals surface area contributed by atoms with Gasteiger partial charge in [-0.15, -0.1) is 0 Å². The van der Waals surface area contributed by atoms with Gasteiger partial charge < -0.3 is 9.47 Å². The lowest BCUT2D eigenvalue weighted by atomic mass is 9.98. The predicted octanol–water partition coefficient (Wildman–Crippen LogP) is 5.62. The van der Waals surface area contributed by atoms with Gasteiger partial charge in [-0.2, -0.15) is 0 Å². The Bertz CT molecular complexity index is 1060. The molecule has 0 atom stereocenters. The Balaban J connectivity index is 1.67. The minimum atomic E-state index is -0.504. The first-order valence-corrected chi connectivity index (χ1v) is 9.51. The monoisotopic (exact) mass is 398 g/mol. The topological polar surface area (TPSA) is 52.6 Å². The molecular formula is C26H22O4. The summed E-state index contributed by atoms with van der Waals surface area (Å²) in [5.41, 5.74) is 4.59. The van der Waals surface area contributed by atoms with E-state index >= 15 is 0 Å². The summed E-state index contributed by atoms with van der Waals surface area (Å²) in [5, 5.41) is 0. The Labute approximate surface area is 176 Å². The van der Waals surface area contributed by atoms with Crippen LogP contribution in [-0.4, -0.2) is 18.5 Å². The molecule has 0 spiro atoms. The number of ether oxygens (including phenoxy) is 2. The van der Waals surface area contributed by atoms with E-state index in [1.54, 1.807) is 30.3 Å². The zero-order valence-corrected chi connectivity index (χ0v) is 16.7. The molecule has 0 unspecified atom stereocenters. The second-order valence-electron chi connectivity index (χ2n) is 6.62. The van der Waals surface area contributed by atoms with Crippen molar-refractivity contribution in [2.45, 2.75) is 6.92 Å². The lowest BCUT2D eigenvalue weighted by Crippen LogP contribution is -2.06. The molecule has 3 rings (SSSR count). The van der Waals surface area contributed by atoms with Crippen molar-refractivity contribution in [3.63, 3.8) is 0 Å². The smallest absolute Gasteiger partial charge is 0.338 e. The van der Waals surface area contributed by atoms with Gasteiger partial charge in [-0.25, -0.2) is 9.59 Å². The van der Waals surface area contributed by atoms with E-state index in [9.17, 15) is 9.59 Å². The molecule has 0 fully saturated rings. The summed E-state index contributed by atoms with van der Waals surface area (Å²) in [4.78, 5) is 24.0. The fourth-order valence-electron chi connectivity index (χ4n) is 2.82. The summed E-state index contributed by atoms with van der Waals surface area (Å²) in [7, 11) is 0. The number of carbonyl (C=O) groups is 2. The summed E-state index contributed by atoms with van der Waals surface area (Å²) in [6, 6.07) is 22.3. The second-order valence-corrected chi connectivity index (χ2v) is 6.62. The normalized spacial score (nSPS) is 10.6. The van der Waals surface area contributed by atoms with Crippen LogP contribution < -0.4 is 4.74 Å². The van der Waals surface area contributed by atoms with E-state index in [4.69, 9.17) is 9.47 Å². The molecule has 0 heterocycles. The molecule has 0 aliphatic carbocycles. The number of hydrogen-bond acceptors (Lipinski definition) is 4. The van der Waals surface area contributed by atoms with E-state index in [0.29, 0.717) is 11.3 Å². The van der Waals surface area contributed by atoms with E-state index in [1.807, 2.05) is 31.2 Å². The van der Waals surface area contributed by atoms with E-state index in [-0.39, 0.29) is 6.61 Å². The van der Waals surface area contributed by atoms with Crippen LogP contribution in [0.4, 0.5) is 0 Å². The van der Waals surface area contributed by atoms with Gasteiger partial charge in [0.2, 0.25) is 0 Å². The molecule has 30 heavy (non-hydrogen) atoms. The van der Waals surface area contributed by atoms with Crippen molar-refractivity contribution in [3.8, 4) is 16.9 Å². The maximum absolute atomic E-state index is 12.2. The van der Waals surface area contributed by atoms with Crippen molar-refractivity contribution in [1.29, 1.82) is 0 Å². The molecule has 0 saturated heterocycles. The van der Waals surface area contributed by atoms with E-state index < -0.39 is 11.9 Å². The van der Waals surface area contributed by atoms with Crippen molar-refractivity contribution in [1.82, 2.24) is 0 Å². The van der Waals surface area contributed by atoms with Gasteiger partial charge in [0.05, 0.1) is 5.56 Å². The van der Waals surface area contributed by atoms with Gasteiger partial charge in [0.25, 0.3) is 0 Å². The van der Waals surface area contributed by atoms with Gasteiger partial charge in [0.15, 0.2) is 0 Å². The molecule has 0 saturated carbocycles. The molecule has 0 radical (unpaired) electrons. The highest BCUT2D eigenvalue weighted by Crippen LogP contribution is 2.25. The van der Waals surface area contributed by atoms with Crippen LogP contribution in [0.3, 0.4) is 0 Å². The summed E-state index contributed by atoms with van der Waals surface area (Å²) in [6.45, 7) is 5.68. The van der Waals surface area contributed by atoms with Crippen LogP contribution in [-0.2, 0) is 9.53 Å². The lowest BCUT2D eigenvalue weighted by Gasteiger charge is -2.07. The van der Waals surface area contributed by atoms with Gasteiger partial charge in [0.1, 0.15) is 12.4 Å². The minimum absolute atomic E-state index is 0.143. The first-order valence-electron chi connectivity index (χ1n) is 9.51. The van der Waals surface area contributed by atoms with Crippen LogP contribution in [0.25, 0.3) is 17.2 Å². The average Bonchev–Trinajstić information content (AvgIpc) is 2.77. The molecule has 0 aliphatic heterocycles. The van der Waals surface area contributed by atoms with E-state index in [0.717, 1.165) is 16.7 Å². The SMILES string of the molecule is C=CCOC(=O)c1ccc(OC(=O)C=Cc2ccccc2-c2ccc(C)cc2)cc1. The number of rotatable bonds is 7. The summed E-state index contributed by atoms with van der Waals surface area (Å²) in [5.74, 6) is -0.618. The third kappa shape index (κ3) is 5.55. The Kier molecular flexibility index (Phi) is 6.95. The Morgan fingerprint density at radius 2 is 1.63 bits per heavy atom. The highest BCUT2D eigenvalue weighted by Gasteiger charge is 2.08. The highest BCUT2D eigenvalue weighted by atomic mass is 16.5. The molecular weight excluding hydrogens is 376 g/mol. The van der Waals surface area contributed by atoms with E-state index in [2.05, 4.69) is 30.8 Å². The molecule has 0 N–H and O–H groups in total. The molecule has 3 aromatic carbocycles. The van der Waals surface area contributed by atoms with Gasteiger partial charge >= 0.3 is 11.9 Å². The fourth-order valence-corrected chi connectivity index (χ4v) is 2.82. The number of benzene rings is 3. The molecule has 4 nitrogen and oxygen atoms in total. The van der Waals surface area contributed by atoms with Gasteiger partial charge in [-0.1, -0.05) is 66.7 Å². The van der Waals surface area contributed by atoms with Gasteiger partial charge in [-0.3, -0.25) is 0 Å². The molecule has 150 valence electrons. The maximum atomic E-state index is 12.2. The van der Waals surface area contributed by atoms with Crippen LogP contribution in [0.15, 0.2) is 91.5 Å². The Morgan fingerprint density at radius 3 is 2.33 bits per heavy atom. The molecule has 0 bridgehead atoms. The number of carbonyl (C=O) groups excluding carboxylic acids is 2. The van der Waals surface area contributed by atoms with Gasteiger partial charge in [0, 0.05) is 6.08 Å². The fraction of sp³-hybridized carbons (Fsp3) is 0.0769. The number of aryl methyl sites for hydroxylation is 1. The summed E-state index contributed by atoms with van der Waals surface area (Å²) in [6.07, 6.45) is 4.62. The Hall–Kier alpha value is -3.92. The summed E-state index contributed by atoms with van der Waals surface area (Å²) >= 11 is 0. The zero-order chi connectivity index (χ0) is 21.3.